The van der Waals surface area contributed by atoms with Crippen LogP contribution in [0.4, 0.5) is 0 Å². The van der Waals surface area contributed by atoms with E-state index in [4.69, 9.17) is 5.11 Å². The summed E-state index contributed by atoms with van der Waals surface area (Å²) < 4.78 is 0. The molecule has 2 rings (SSSR count). The van der Waals surface area contributed by atoms with Gasteiger partial charge in [0.15, 0.2) is 0 Å². The molecule has 1 heterocycles. The van der Waals surface area contributed by atoms with E-state index in [9.17, 15) is 4.79 Å². The predicted octanol–water partition coefficient (Wildman–Crippen LogP) is 2.42. The van der Waals surface area contributed by atoms with E-state index in [2.05, 4.69) is 29.2 Å². The Bertz CT molecular complexity index is 369. The van der Waals surface area contributed by atoms with Gasteiger partial charge in [0.25, 0.3) is 0 Å². The van der Waals surface area contributed by atoms with Crippen LogP contribution in [0.25, 0.3) is 0 Å². The van der Waals surface area contributed by atoms with Gasteiger partial charge in [0, 0.05) is 0 Å². The van der Waals surface area contributed by atoms with Crippen LogP contribution in [0, 0.1) is 5.92 Å². The van der Waals surface area contributed by atoms with Crippen LogP contribution in [0.3, 0.4) is 0 Å². The number of rotatable bonds is 5. The van der Waals surface area contributed by atoms with Crippen molar-refractivity contribution in [2.24, 2.45) is 5.92 Å². The number of likely N-dealkylation sites (tertiary alicyclic amines) is 1. The van der Waals surface area contributed by atoms with Crippen molar-refractivity contribution in [1.82, 2.24) is 4.90 Å². The zero-order valence-electron chi connectivity index (χ0n) is 10.7. The predicted molar refractivity (Wildman–Crippen MR) is 71.6 cm³/mol. The molecule has 18 heavy (non-hydrogen) atoms. The summed E-state index contributed by atoms with van der Waals surface area (Å²) in [7, 11) is 0. The number of piperidine rings is 1. The van der Waals surface area contributed by atoms with Crippen molar-refractivity contribution in [2.75, 3.05) is 19.6 Å². The molecule has 1 fully saturated rings. The molecule has 0 saturated carbocycles. The van der Waals surface area contributed by atoms with Gasteiger partial charge < -0.3 is 10.0 Å². The van der Waals surface area contributed by atoms with Crippen molar-refractivity contribution in [1.29, 1.82) is 0 Å². The first-order chi connectivity index (χ1) is 8.75. The van der Waals surface area contributed by atoms with Gasteiger partial charge in [-0.05, 0) is 50.9 Å². The lowest BCUT2D eigenvalue weighted by Gasteiger charge is -2.29. The van der Waals surface area contributed by atoms with Crippen LogP contribution < -0.4 is 0 Å². The Labute approximate surface area is 108 Å². The fourth-order valence-electron chi connectivity index (χ4n) is 2.55. The van der Waals surface area contributed by atoms with Crippen LogP contribution in [0.15, 0.2) is 30.3 Å². The number of nitrogens with zero attached hydrogens (tertiary/aromatic N) is 1. The van der Waals surface area contributed by atoms with Crippen LogP contribution in [0.5, 0.6) is 0 Å². The molecule has 0 aliphatic carbocycles. The van der Waals surface area contributed by atoms with Crippen LogP contribution in [-0.2, 0) is 11.2 Å². The smallest absolute Gasteiger partial charge is 0.306 e. The summed E-state index contributed by atoms with van der Waals surface area (Å²) >= 11 is 0. The van der Waals surface area contributed by atoms with Crippen LogP contribution >= 0.6 is 0 Å². The molecule has 0 atom stereocenters. The fraction of sp³-hybridized carbons (Fsp3) is 0.533. The SMILES string of the molecule is O=C(O)C1CCN(CCCc2ccccc2)CC1. The highest BCUT2D eigenvalue weighted by molar-refractivity contribution is 5.70. The molecule has 0 unspecified atom stereocenters. The minimum Gasteiger partial charge on any atom is -0.481 e. The molecule has 1 saturated heterocycles. The highest BCUT2D eigenvalue weighted by Crippen LogP contribution is 2.17. The average molecular weight is 247 g/mol. The van der Waals surface area contributed by atoms with Gasteiger partial charge in [-0.2, -0.15) is 0 Å². The normalized spacial score (nSPS) is 17.8. The molecule has 0 amide bonds. The molecule has 1 aromatic rings. The molecule has 1 aliphatic heterocycles. The van der Waals surface area contributed by atoms with Gasteiger partial charge in [0.1, 0.15) is 0 Å². The first-order valence-electron chi connectivity index (χ1n) is 6.75. The summed E-state index contributed by atoms with van der Waals surface area (Å²) in [5.41, 5.74) is 1.39. The molecule has 1 aromatic carbocycles. The number of carboxylic acid groups (broad SMARTS) is 1. The third kappa shape index (κ3) is 3.84. The van der Waals surface area contributed by atoms with Crippen molar-refractivity contribution < 1.29 is 9.90 Å². The van der Waals surface area contributed by atoms with Crippen molar-refractivity contribution >= 4 is 5.97 Å². The lowest BCUT2D eigenvalue weighted by Crippen LogP contribution is -2.36. The summed E-state index contributed by atoms with van der Waals surface area (Å²) in [5, 5.41) is 8.93. The van der Waals surface area contributed by atoms with Gasteiger partial charge in [0.2, 0.25) is 0 Å². The molecular weight excluding hydrogens is 226 g/mol. The van der Waals surface area contributed by atoms with E-state index in [1.165, 1.54) is 5.56 Å². The molecule has 3 nitrogen and oxygen atoms in total. The summed E-state index contributed by atoms with van der Waals surface area (Å²) in [6.45, 7) is 2.96. The molecule has 0 aromatic heterocycles. The average Bonchev–Trinajstić information content (AvgIpc) is 2.40. The quantitative estimate of drug-likeness (QED) is 0.868. The third-order valence-electron chi connectivity index (χ3n) is 3.72. The lowest BCUT2D eigenvalue weighted by atomic mass is 9.97. The number of hydrogen-bond donors (Lipinski definition) is 1. The fourth-order valence-corrected chi connectivity index (χ4v) is 2.55. The number of benzene rings is 1. The molecule has 1 N–H and O–H groups in total. The van der Waals surface area contributed by atoms with E-state index in [0.717, 1.165) is 45.3 Å². The summed E-state index contributed by atoms with van der Waals surface area (Å²) in [6, 6.07) is 10.5. The van der Waals surface area contributed by atoms with E-state index in [0.29, 0.717) is 0 Å². The van der Waals surface area contributed by atoms with Crippen LogP contribution in [-0.4, -0.2) is 35.6 Å². The highest BCUT2D eigenvalue weighted by Gasteiger charge is 2.23. The van der Waals surface area contributed by atoms with E-state index < -0.39 is 5.97 Å². The zero-order chi connectivity index (χ0) is 12.8. The minimum absolute atomic E-state index is 0.115. The summed E-state index contributed by atoms with van der Waals surface area (Å²) in [6.07, 6.45) is 3.88. The zero-order valence-corrected chi connectivity index (χ0v) is 10.7. The van der Waals surface area contributed by atoms with Gasteiger partial charge in [-0.1, -0.05) is 30.3 Å². The van der Waals surface area contributed by atoms with E-state index in [-0.39, 0.29) is 5.92 Å². The van der Waals surface area contributed by atoms with Crippen LogP contribution in [0.1, 0.15) is 24.8 Å². The maximum Gasteiger partial charge on any atom is 0.306 e. The maximum atomic E-state index is 10.8. The first-order valence-corrected chi connectivity index (χ1v) is 6.75. The first kappa shape index (κ1) is 13.1. The molecule has 0 spiro atoms. The second-order valence-electron chi connectivity index (χ2n) is 5.04. The van der Waals surface area contributed by atoms with Gasteiger partial charge in [-0.25, -0.2) is 0 Å². The Kier molecular flexibility index (Phi) is 4.76. The Morgan fingerprint density at radius 2 is 1.89 bits per heavy atom. The van der Waals surface area contributed by atoms with E-state index >= 15 is 0 Å². The maximum absolute atomic E-state index is 10.8. The van der Waals surface area contributed by atoms with Crippen LogP contribution in [0.2, 0.25) is 0 Å². The van der Waals surface area contributed by atoms with Gasteiger partial charge in [-0.3, -0.25) is 4.79 Å². The molecular formula is C15H21NO2. The highest BCUT2D eigenvalue weighted by atomic mass is 16.4. The molecule has 0 radical (unpaired) electrons. The second kappa shape index (κ2) is 6.55. The minimum atomic E-state index is -0.626. The number of carbonyl (C=O) groups is 1. The standard InChI is InChI=1S/C15H21NO2/c17-15(18)14-8-11-16(12-9-14)10-4-7-13-5-2-1-3-6-13/h1-3,5-6,14H,4,7-12H2,(H,17,18). The van der Waals surface area contributed by atoms with Crippen molar-refractivity contribution in [3.05, 3.63) is 35.9 Å². The van der Waals surface area contributed by atoms with Crippen molar-refractivity contribution in [3.63, 3.8) is 0 Å². The van der Waals surface area contributed by atoms with Gasteiger partial charge in [-0.15, -0.1) is 0 Å². The van der Waals surface area contributed by atoms with E-state index in [1.54, 1.807) is 0 Å². The molecule has 0 bridgehead atoms. The van der Waals surface area contributed by atoms with E-state index in [1.807, 2.05) is 6.07 Å². The largest absolute Gasteiger partial charge is 0.481 e. The van der Waals surface area contributed by atoms with Gasteiger partial charge in [0.05, 0.1) is 5.92 Å². The Balaban J connectivity index is 1.65. The van der Waals surface area contributed by atoms with Crippen molar-refractivity contribution in [3.8, 4) is 0 Å². The molecule has 1 aliphatic rings. The molecule has 3 heteroatoms. The number of hydrogen-bond acceptors (Lipinski definition) is 2. The monoisotopic (exact) mass is 247 g/mol. The topological polar surface area (TPSA) is 40.5 Å². The number of carboxylic acids is 1. The molecule has 98 valence electrons. The second-order valence-corrected chi connectivity index (χ2v) is 5.04. The summed E-state index contributed by atoms with van der Waals surface area (Å²) in [5.74, 6) is -0.741. The Morgan fingerprint density at radius 3 is 2.50 bits per heavy atom. The van der Waals surface area contributed by atoms with Crippen molar-refractivity contribution in [2.45, 2.75) is 25.7 Å². The number of aryl methyl sites for hydroxylation is 1. The Morgan fingerprint density at radius 1 is 1.22 bits per heavy atom. The lowest BCUT2D eigenvalue weighted by molar-refractivity contribution is -0.143. The summed E-state index contributed by atoms with van der Waals surface area (Å²) in [4.78, 5) is 13.2. The van der Waals surface area contributed by atoms with Gasteiger partial charge >= 0.3 is 5.97 Å². The Hall–Kier alpha value is -1.35. The third-order valence-corrected chi connectivity index (χ3v) is 3.72. The number of aliphatic carboxylic acids is 1.